The molecular weight excluding hydrogens is 379 g/mol. The van der Waals surface area contributed by atoms with Gasteiger partial charge in [-0.2, -0.15) is 0 Å². The number of aromatic hydroxyl groups is 1. The monoisotopic (exact) mass is 410 g/mol. The summed E-state index contributed by atoms with van der Waals surface area (Å²) < 4.78 is 18.9. The topological polar surface area (TPSA) is 90.3 Å². The number of rotatable bonds is 5. The molecule has 1 saturated heterocycles. The summed E-state index contributed by atoms with van der Waals surface area (Å²) in [6, 6.07) is 2.82. The molecule has 29 heavy (non-hydrogen) atoms. The third-order valence-electron chi connectivity index (χ3n) is 5.06. The predicted molar refractivity (Wildman–Crippen MR) is 107 cm³/mol. The molecule has 1 atom stereocenters. The van der Waals surface area contributed by atoms with Gasteiger partial charge in [0.05, 0.1) is 0 Å². The first kappa shape index (κ1) is 22.8. The van der Waals surface area contributed by atoms with Crippen LogP contribution in [0, 0.1) is 11.7 Å². The van der Waals surface area contributed by atoms with E-state index in [0.29, 0.717) is 25.9 Å². The molecule has 0 aliphatic carbocycles. The first-order chi connectivity index (χ1) is 13.4. The van der Waals surface area contributed by atoms with Gasteiger partial charge in [-0.3, -0.25) is 9.69 Å². The molecule has 0 radical (unpaired) electrons. The molecule has 0 saturated carbocycles. The minimum absolute atomic E-state index is 0.178. The van der Waals surface area contributed by atoms with E-state index in [0.717, 1.165) is 6.07 Å². The summed E-state index contributed by atoms with van der Waals surface area (Å²) in [7, 11) is 0. The van der Waals surface area contributed by atoms with Gasteiger partial charge in [-0.15, -0.1) is 0 Å². The summed E-state index contributed by atoms with van der Waals surface area (Å²) in [4.78, 5) is 28.0. The van der Waals surface area contributed by atoms with Crippen LogP contribution in [0.2, 0.25) is 0 Å². The summed E-state index contributed by atoms with van der Waals surface area (Å²) in [5.41, 5.74) is -0.710. The lowest BCUT2D eigenvalue weighted by molar-refractivity contribution is -0.142. The maximum absolute atomic E-state index is 13.2. The number of amides is 2. The molecule has 2 N–H and O–H groups in total. The van der Waals surface area contributed by atoms with Gasteiger partial charge in [0.2, 0.25) is 5.91 Å². The van der Waals surface area contributed by atoms with Crippen LogP contribution in [0.1, 0.15) is 47.5 Å². The van der Waals surface area contributed by atoms with Gasteiger partial charge in [0.1, 0.15) is 18.0 Å². The molecule has 1 aromatic rings. The maximum Gasteiger partial charge on any atom is 0.408 e. The molecular formula is C21H31FN2O5. The lowest BCUT2D eigenvalue weighted by atomic mass is 9.94. The molecule has 1 aliphatic heterocycles. The Balaban J connectivity index is 2.06. The number of likely N-dealkylation sites (tertiary alicyclic amines) is 1. The molecule has 162 valence electrons. The number of hydrogen-bond acceptors (Lipinski definition) is 4. The van der Waals surface area contributed by atoms with Crippen LogP contribution in [0.4, 0.5) is 9.18 Å². The van der Waals surface area contributed by atoms with Crippen molar-refractivity contribution in [1.29, 1.82) is 0 Å². The lowest BCUT2D eigenvalue weighted by Crippen LogP contribution is -2.60. The van der Waals surface area contributed by atoms with Crippen molar-refractivity contribution >= 4 is 12.0 Å². The number of carbonyl (C=O) groups excluding carboxylic acids is 1. The summed E-state index contributed by atoms with van der Waals surface area (Å²) in [6.07, 6.45) is -0.257. The third kappa shape index (κ3) is 5.52. The second-order valence-corrected chi connectivity index (χ2v) is 8.77. The summed E-state index contributed by atoms with van der Waals surface area (Å²) in [5.74, 6) is -0.980. The molecule has 2 rings (SSSR count). The molecule has 8 heteroatoms. The largest absolute Gasteiger partial charge is 0.504 e. The zero-order valence-corrected chi connectivity index (χ0v) is 17.7. The number of ether oxygens (including phenoxy) is 1. The van der Waals surface area contributed by atoms with Gasteiger partial charge in [0.15, 0.2) is 11.5 Å². The Kier molecular flexibility index (Phi) is 6.97. The zero-order chi connectivity index (χ0) is 21.9. The third-order valence-corrected chi connectivity index (χ3v) is 5.06. The van der Waals surface area contributed by atoms with Crippen molar-refractivity contribution in [2.75, 3.05) is 13.1 Å². The van der Waals surface area contributed by atoms with Gasteiger partial charge in [-0.05, 0) is 38.8 Å². The molecule has 1 fully saturated rings. The molecule has 2 amide bonds. The van der Waals surface area contributed by atoms with Crippen LogP contribution >= 0.6 is 0 Å². The minimum atomic E-state index is -1.12. The number of nitrogens with zero attached hydrogens (tertiary/aromatic N) is 2. The van der Waals surface area contributed by atoms with Crippen molar-refractivity contribution in [3.8, 4) is 11.5 Å². The zero-order valence-electron chi connectivity index (χ0n) is 17.7. The van der Waals surface area contributed by atoms with Gasteiger partial charge in [0, 0.05) is 37.5 Å². The average molecular weight is 410 g/mol. The van der Waals surface area contributed by atoms with Gasteiger partial charge >= 0.3 is 6.09 Å². The molecule has 1 aliphatic rings. The molecule has 0 spiro atoms. The number of carboxylic acid groups (broad SMARTS) is 1. The highest BCUT2D eigenvalue weighted by molar-refractivity contribution is 5.86. The van der Waals surface area contributed by atoms with Crippen molar-refractivity contribution in [2.45, 2.75) is 65.1 Å². The highest BCUT2D eigenvalue weighted by Gasteiger charge is 2.41. The fraction of sp³-hybridized carbons (Fsp3) is 0.619. The van der Waals surface area contributed by atoms with E-state index in [1.165, 1.54) is 17.0 Å². The van der Waals surface area contributed by atoms with Crippen molar-refractivity contribution < 1.29 is 28.9 Å². The predicted octanol–water partition coefficient (Wildman–Crippen LogP) is 3.70. The Labute approximate surface area is 171 Å². The Bertz CT molecular complexity index is 739. The summed E-state index contributed by atoms with van der Waals surface area (Å²) in [5, 5.41) is 19.5. The number of hydrogen-bond donors (Lipinski definition) is 2. The molecule has 0 aromatic heterocycles. The van der Waals surface area contributed by atoms with E-state index in [9.17, 15) is 24.2 Å². The van der Waals surface area contributed by atoms with Gasteiger partial charge in [-0.25, -0.2) is 9.18 Å². The lowest BCUT2D eigenvalue weighted by Gasteiger charge is -2.43. The van der Waals surface area contributed by atoms with Gasteiger partial charge in [0.25, 0.3) is 0 Å². The van der Waals surface area contributed by atoms with E-state index >= 15 is 0 Å². The van der Waals surface area contributed by atoms with Crippen molar-refractivity contribution in [3.63, 3.8) is 0 Å². The number of carbonyl (C=O) groups is 2. The van der Waals surface area contributed by atoms with Crippen LogP contribution < -0.4 is 4.74 Å². The summed E-state index contributed by atoms with van der Waals surface area (Å²) in [6.45, 7) is 9.87. The van der Waals surface area contributed by atoms with Crippen LogP contribution in [-0.4, -0.2) is 62.8 Å². The minimum Gasteiger partial charge on any atom is -0.504 e. The van der Waals surface area contributed by atoms with Crippen LogP contribution in [0.5, 0.6) is 11.5 Å². The van der Waals surface area contributed by atoms with E-state index in [1.54, 1.807) is 25.7 Å². The average Bonchev–Trinajstić information content (AvgIpc) is 2.60. The van der Waals surface area contributed by atoms with Crippen molar-refractivity contribution in [1.82, 2.24) is 9.80 Å². The smallest absolute Gasteiger partial charge is 0.408 e. The summed E-state index contributed by atoms with van der Waals surface area (Å²) >= 11 is 0. The second kappa shape index (κ2) is 8.88. The fourth-order valence-corrected chi connectivity index (χ4v) is 3.67. The Morgan fingerprint density at radius 3 is 2.28 bits per heavy atom. The van der Waals surface area contributed by atoms with Crippen LogP contribution in [0.15, 0.2) is 18.2 Å². The number of piperidine rings is 1. The van der Waals surface area contributed by atoms with E-state index in [4.69, 9.17) is 4.74 Å². The Hall–Kier alpha value is -2.51. The van der Waals surface area contributed by atoms with Crippen molar-refractivity contribution in [3.05, 3.63) is 24.0 Å². The molecule has 7 nitrogen and oxygen atoms in total. The molecule has 1 aromatic carbocycles. The molecule has 0 unspecified atom stereocenters. The van der Waals surface area contributed by atoms with E-state index < -0.39 is 23.5 Å². The van der Waals surface area contributed by atoms with E-state index in [-0.39, 0.29) is 29.4 Å². The van der Waals surface area contributed by atoms with Crippen LogP contribution in [0.3, 0.4) is 0 Å². The second-order valence-electron chi connectivity index (χ2n) is 8.77. The Morgan fingerprint density at radius 1 is 1.24 bits per heavy atom. The fourth-order valence-electron chi connectivity index (χ4n) is 3.67. The SMILES string of the molecule is CC(C)[C@@H](C(=O)N1CCC(Oc2ccc(F)cc2O)CC1)N(C(=O)O)C(C)(C)C. The quantitative estimate of drug-likeness (QED) is 0.772. The van der Waals surface area contributed by atoms with E-state index in [1.807, 2.05) is 13.8 Å². The highest BCUT2D eigenvalue weighted by atomic mass is 19.1. The number of benzene rings is 1. The van der Waals surface area contributed by atoms with Crippen molar-refractivity contribution in [2.24, 2.45) is 5.92 Å². The number of halogens is 1. The van der Waals surface area contributed by atoms with Gasteiger partial charge < -0.3 is 19.8 Å². The number of phenolic OH excluding ortho intramolecular Hbond substituents is 1. The maximum atomic E-state index is 13.2. The Morgan fingerprint density at radius 2 is 1.83 bits per heavy atom. The molecule has 1 heterocycles. The molecule has 0 bridgehead atoms. The first-order valence-electron chi connectivity index (χ1n) is 9.88. The highest BCUT2D eigenvalue weighted by Crippen LogP contribution is 2.30. The normalized spacial score (nSPS) is 16.6. The standard InChI is InChI=1S/C21H31FN2O5/c1-13(2)18(24(20(27)28)21(3,4)5)19(26)23-10-8-15(9-11-23)29-17-7-6-14(22)12-16(17)25/h6-7,12-13,15,18,25H,8-11H2,1-5H3,(H,27,28)/t18-/m0/s1. The van der Waals surface area contributed by atoms with Crippen LogP contribution in [-0.2, 0) is 4.79 Å². The van der Waals surface area contributed by atoms with E-state index in [2.05, 4.69) is 0 Å². The first-order valence-corrected chi connectivity index (χ1v) is 9.88. The number of phenols is 1. The van der Waals surface area contributed by atoms with Gasteiger partial charge in [-0.1, -0.05) is 13.8 Å². The van der Waals surface area contributed by atoms with Crippen LogP contribution in [0.25, 0.3) is 0 Å².